The molecule has 376 valence electrons. The fourth-order valence-corrected chi connectivity index (χ4v) is 14.4. The Hall–Kier alpha value is -10.0. The second kappa shape index (κ2) is 17.8. The Morgan fingerprint density at radius 3 is 1.54 bits per heavy atom. The monoisotopic (exact) mass is 1020 g/mol. The van der Waals surface area contributed by atoms with Gasteiger partial charge in [0.2, 0.25) is 0 Å². The topological polar surface area (TPSA) is 8.17 Å². The lowest BCUT2D eigenvalue weighted by molar-refractivity contribution is 0.660. The maximum Gasteiger partial charge on any atom is 0.0719 e. The van der Waals surface area contributed by atoms with Crippen LogP contribution in [0.3, 0.4) is 0 Å². The molecule has 0 radical (unpaired) electrons. The second-order valence-electron chi connectivity index (χ2n) is 22.3. The molecule has 0 aliphatic heterocycles. The van der Waals surface area contributed by atoms with E-state index in [-0.39, 0.29) is 5.41 Å². The van der Waals surface area contributed by atoms with Gasteiger partial charge in [-0.15, -0.1) is 0 Å². The molecule has 2 nitrogen and oxygen atoms in total. The molecule has 16 rings (SSSR count). The van der Waals surface area contributed by atoms with Crippen LogP contribution >= 0.6 is 0 Å². The van der Waals surface area contributed by atoms with Crippen LogP contribution in [0.2, 0.25) is 0 Å². The quantitative estimate of drug-likeness (QED) is 0.138. The number of hydrogen-bond acceptors (Lipinski definition) is 1. The summed E-state index contributed by atoms with van der Waals surface area (Å²) in [6.45, 7) is 4.75. The highest BCUT2D eigenvalue weighted by molar-refractivity contribution is 6.32. The van der Waals surface area contributed by atoms with Gasteiger partial charge < -0.3 is 9.47 Å². The molecule has 80 heavy (non-hydrogen) atoms. The van der Waals surface area contributed by atoms with Crippen molar-refractivity contribution < 1.29 is 0 Å². The van der Waals surface area contributed by atoms with E-state index in [1.165, 1.54) is 116 Å². The van der Waals surface area contributed by atoms with Crippen LogP contribution in [0.4, 0.5) is 17.1 Å². The van der Waals surface area contributed by atoms with Crippen LogP contribution in [0.25, 0.3) is 93.5 Å². The molecule has 2 aliphatic carbocycles. The number of rotatable bonds is 8. The third-order valence-electron chi connectivity index (χ3n) is 17.8. The van der Waals surface area contributed by atoms with Gasteiger partial charge in [0.1, 0.15) is 0 Å². The molecule has 0 fully saturated rings. The second-order valence-corrected chi connectivity index (χ2v) is 22.3. The smallest absolute Gasteiger partial charge is 0.0719 e. The Kier molecular flexibility index (Phi) is 10.2. The minimum absolute atomic E-state index is 0.175. The highest BCUT2D eigenvalue weighted by atomic mass is 15.1. The van der Waals surface area contributed by atoms with Crippen molar-refractivity contribution in [3.63, 3.8) is 0 Å². The van der Waals surface area contributed by atoms with Gasteiger partial charge in [-0.25, -0.2) is 0 Å². The fourth-order valence-electron chi connectivity index (χ4n) is 14.4. The first kappa shape index (κ1) is 46.1. The predicted molar refractivity (Wildman–Crippen MR) is 336 cm³/mol. The van der Waals surface area contributed by atoms with Gasteiger partial charge >= 0.3 is 0 Å². The maximum atomic E-state index is 2.56. The van der Waals surface area contributed by atoms with Gasteiger partial charge in [0, 0.05) is 44.2 Å². The molecular formula is C78H54N2. The number of benzene rings is 13. The van der Waals surface area contributed by atoms with Gasteiger partial charge in [-0.1, -0.05) is 263 Å². The Labute approximate surface area is 466 Å². The lowest BCUT2D eigenvalue weighted by atomic mass is 9.66. The van der Waals surface area contributed by atoms with E-state index in [2.05, 4.69) is 315 Å². The van der Waals surface area contributed by atoms with Crippen molar-refractivity contribution in [1.29, 1.82) is 0 Å². The summed E-state index contributed by atoms with van der Waals surface area (Å²) in [4.78, 5) is 2.50. The third-order valence-corrected chi connectivity index (χ3v) is 17.8. The van der Waals surface area contributed by atoms with Crippen molar-refractivity contribution in [2.24, 2.45) is 0 Å². The summed E-state index contributed by atoms with van der Waals surface area (Å²) < 4.78 is 2.56. The number of nitrogens with zero attached hydrogens (tertiary/aromatic N) is 2. The molecule has 0 amide bonds. The summed E-state index contributed by atoms with van der Waals surface area (Å²) >= 11 is 0. The van der Waals surface area contributed by atoms with Gasteiger partial charge in [-0.05, 0) is 131 Å². The van der Waals surface area contributed by atoms with Crippen molar-refractivity contribution in [2.75, 3.05) is 4.90 Å². The predicted octanol–water partition coefficient (Wildman–Crippen LogP) is 20.6. The first-order chi connectivity index (χ1) is 39.5. The van der Waals surface area contributed by atoms with Crippen LogP contribution in [0.5, 0.6) is 0 Å². The number of hydrogen-bond donors (Lipinski definition) is 0. The minimum Gasteiger partial charge on any atom is -0.310 e. The van der Waals surface area contributed by atoms with E-state index >= 15 is 0 Å². The molecule has 2 aliphatic rings. The SMILES string of the molecule is CC1(C)c2ccccc2-c2ccc(N(c3ccc4c5c6ccccc6c6ccccc6c5n(-c5ccc(-c6cccc7c6C(c6ccccc6)(c6ccccc6)c6ccccc6-7)cc5)c4c3)c3ccccc3-c3ccccc3)cc21. The van der Waals surface area contributed by atoms with Gasteiger partial charge in [0.25, 0.3) is 0 Å². The number of anilines is 3. The average Bonchev–Trinajstić information content (AvgIpc) is 4.29. The van der Waals surface area contributed by atoms with Gasteiger partial charge in [0.05, 0.1) is 22.1 Å². The molecular weight excluding hydrogens is 965 g/mol. The van der Waals surface area contributed by atoms with Crippen molar-refractivity contribution in [2.45, 2.75) is 24.7 Å². The Morgan fingerprint density at radius 2 is 0.825 bits per heavy atom. The summed E-state index contributed by atoms with van der Waals surface area (Å²) in [7, 11) is 0. The molecule has 1 heterocycles. The lowest BCUT2D eigenvalue weighted by Gasteiger charge is -2.35. The molecule has 0 spiro atoms. The Balaban J connectivity index is 0.947. The summed E-state index contributed by atoms with van der Waals surface area (Å²) in [5.74, 6) is 0. The Bertz CT molecular complexity index is 4740. The molecule has 0 atom stereocenters. The number of aromatic nitrogens is 1. The zero-order valence-electron chi connectivity index (χ0n) is 44.6. The first-order valence-electron chi connectivity index (χ1n) is 28.0. The normalized spacial score (nSPS) is 13.6. The molecule has 13 aromatic carbocycles. The van der Waals surface area contributed by atoms with E-state index in [4.69, 9.17) is 0 Å². The third kappa shape index (κ3) is 6.60. The van der Waals surface area contributed by atoms with Crippen LogP contribution in [0, 0.1) is 0 Å². The van der Waals surface area contributed by atoms with E-state index in [0.29, 0.717) is 0 Å². The molecule has 1 aromatic heterocycles. The van der Waals surface area contributed by atoms with Gasteiger partial charge in [0.15, 0.2) is 0 Å². The summed E-state index contributed by atoms with van der Waals surface area (Å²) in [6, 6.07) is 109. The molecule has 0 unspecified atom stereocenters. The van der Waals surface area contributed by atoms with E-state index in [1.807, 2.05) is 0 Å². The Morgan fingerprint density at radius 1 is 0.325 bits per heavy atom. The van der Waals surface area contributed by atoms with Gasteiger partial charge in [-0.2, -0.15) is 0 Å². The fraction of sp³-hybridized carbons (Fsp3) is 0.0513. The average molecular weight is 1020 g/mol. The van der Waals surface area contributed by atoms with E-state index < -0.39 is 5.41 Å². The molecule has 2 heteroatoms. The van der Waals surface area contributed by atoms with Gasteiger partial charge in [-0.3, -0.25) is 0 Å². The van der Waals surface area contributed by atoms with E-state index in [9.17, 15) is 0 Å². The van der Waals surface area contributed by atoms with Crippen LogP contribution in [-0.4, -0.2) is 4.57 Å². The molecule has 0 saturated carbocycles. The number of para-hydroxylation sites is 1. The van der Waals surface area contributed by atoms with Crippen molar-refractivity contribution in [1.82, 2.24) is 4.57 Å². The zero-order valence-corrected chi connectivity index (χ0v) is 44.6. The largest absolute Gasteiger partial charge is 0.310 e. The van der Waals surface area contributed by atoms with E-state index in [1.54, 1.807) is 0 Å². The van der Waals surface area contributed by atoms with Crippen LogP contribution in [-0.2, 0) is 10.8 Å². The number of fused-ring (bicyclic) bond motifs is 14. The summed E-state index contributed by atoms with van der Waals surface area (Å²) in [6.07, 6.45) is 0. The summed E-state index contributed by atoms with van der Waals surface area (Å²) in [5.41, 5.74) is 23.9. The summed E-state index contributed by atoms with van der Waals surface area (Å²) in [5, 5.41) is 7.45. The highest BCUT2D eigenvalue weighted by Gasteiger charge is 2.47. The minimum atomic E-state index is -0.531. The first-order valence-corrected chi connectivity index (χ1v) is 28.0. The van der Waals surface area contributed by atoms with E-state index in [0.717, 1.165) is 28.3 Å². The molecule has 0 N–H and O–H groups in total. The molecule has 0 bridgehead atoms. The van der Waals surface area contributed by atoms with Crippen molar-refractivity contribution >= 4 is 60.4 Å². The van der Waals surface area contributed by atoms with Crippen molar-refractivity contribution in [3.8, 4) is 50.2 Å². The van der Waals surface area contributed by atoms with Crippen LogP contribution in [0.15, 0.2) is 291 Å². The standard InChI is InChI=1S/C78H54N2/c1-77(2)69-38-19-16-32-62(69)64-47-45-56(49-71(64)77)79(72-40-21-18-29-58(72)51-23-6-3-7-24-51)57-46-48-68-73(50-57)80(76-67-35-15-13-31-61(67)60-30-12-14-34-65(60)74(68)76)55-43-41-52(42-44-55)59-36-22-37-66-63-33-17-20-39-70(63)78(75(59)66,53-25-8-4-9-26-53)54-27-10-5-11-28-54/h3-50H,1-2H3. The molecule has 0 saturated heterocycles. The highest BCUT2D eigenvalue weighted by Crippen LogP contribution is 2.59. The lowest BCUT2D eigenvalue weighted by Crippen LogP contribution is -2.29. The zero-order chi connectivity index (χ0) is 53.1. The molecule has 14 aromatic rings. The maximum absolute atomic E-state index is 2.56. The van der Waals surface area contributed by atoms with Crippen molar-refractivity contribution in [3.05, 3.63) is 325 Å². The van der Waals surface area contributed by atoms with Crippen LogP contribution < -0.4 is 4.90 Å². The van der Waals surface area contributed by atoms with Crippen LogP contribution in [0.1, 0.15) is 47.2 Å².